The van der Waals surface area contributed by atoms with Crippen molar-refractivity contribution in [2.24, 2.45) is 0 Å². The van der Waals surface area contributed by atoms with Gasteiger partial charge in [-0.1, -0.05) is 30.3 Å². The lowest BCUT2D eigenvalue weighted by Gasteiger charge is -2.06. The number of rotatable bonds is 7. The van der Waals surface area contributed by atoms with Gasteiger partial charge in [0.1, 0.15) is 5.78 Å². The first-order valence-electron chi connectivity index (χ1n) is 5.80. The van der Waals surface area contributed by atoms with Gasteiger partial charge in [0.25, 0.3) is 0 Å². The van der Waals surface area contributed by atoms with Crippen LogP contribution in [0.3, 0.4) is 0 Å². The summed E-state index contributed by atoms with van der Waals surface area (Å²) in [6.45, 7) is 0.665. The molecule has 0 aliphatic rings. The Kier molecular flexibility index (Phi) is 5.85. The zero-order chi connectivity index (χ0) is 13.4. The normalized spacial score (nSPS) is 11.5. The lowest BCUT2D eigenvalue weighted by Crippen LogP contribution is -2.22. The highest BCUT2D eigenvalue weighted by Gasteiger charge is 2.26. The minimum atomic E-state index is -4.17. The van der Waals surface area contributed by atoms with Crippen molar-refractivity contribution in [3.8, 4) is 0 Å². The standard InChI is InChI=1S/C13H16F3NO/c14-13(15,16)8-4-7-12(18)10-17-9-11-5-2-1-3-6-11/h1-3,5-6,17H,4,7-10H2. The molecule has 5 heteroatoms. The Hall–Kier alpha value is -1.36. The summed E-state index contributed by atoms with van der Waals surface area (Å²) in [5.41, 5.74) is 1.04. The molecule has 0 radical (unpaired) electrons. The van der Waals surface area contributed by atoms with Gasteiger partial charge in [0.2, 0.25) is 0 Å². The number of nitrogens with one attached hydrogen (secondary N) is 1. The second kappa shape index (κ2) is 7.16. The smallest absolute Gasteiger partial charge is 0.306 e. The summed E-state index contributed by atoms with van der Waals surface area (Å²) in [6.07, 6.45) is -5.22. The van der Waals surface area contributed by atoms with Crippen molar-refractivity contribution in [3.63, 3.8) is 0 Å². The van der Waals surface area contributed by atoms with Crippen LogP contribution in [0.2, 0.25) is 0 Å². The van der Waals surface area contributed by atoms with Crippen LogP contribution in [0.15, 0.2) is 30.3 Å². The summed E-state index contributed by atoms with van der Waals surface area (Å²) in [5, 5.41) is 2.92. The second-order valence-corrected chi connectivity index (χ2v) is 4.10. The number of carbonyl (C=O) groups excluding carboxylic acids is 1. The molecular weight excluding hydrogens is 243 g/mol. The molecule has 0 bridgehead atoms. The Morgan fingerprint density at radius 3 is 2.44 bits per heavy atom. The third-order valence-corrected chi connectivity index (χ3v) is 2.41. The van der Waals surface area contributed by atoms with Gasteiger partial charge in [-0.25, -0.2) is 0 Å². The molecule has 0 amide bonds. The molecule has 0 atom stereocenters. The topological polar surface area (TPSA) is 29.1 Å². The highest BCUT2D eigenvalue weighted by molar-refractivity contribution is 5.80. The predicted molar refractivity (Wildman–Crippen MR) is 63.1 cm³/mol. The molecule has 0 aromatic heterocycles. The highest BCUT2D eigenvalue weighted by atomic mass is 19.4. The fraction of sp³-hybridized carbons (Fsp3) is 0.462. The molecule has 0 saturated heterocycles. The Balaban J connectivity index is 2.11. The quantitative estimate of drug-likeness (QED) is 0.815. The van der Waals surface area contributed by atoms with E-state index in [4.69, 9.17) is 0 Å². The van der Waals surface area contributed by atoms with Crippen LogP contribution in [-0.2, 0) is 11.3 Å². The molecule has 0 spiro atoms. The van der Waals surface area contributed by atoms with Crippen molar-refractivity contribution in [2.75, 3.05) is 6.54 Å². The maximum Gasteiger partial charge on any atom is 0.389 e. The Labute approximate surface area is 104 Å². The zero-order valence-corrected chi connectivity index (χ0v) is 9.96. The Morgan fingerprint density at radius 2 is 1.83 bits per heavy atom. The average Bonchev–Trinajstić information content (AvgIpc) is 2.28. The van der Waals surface area contributed by atoms with E-state index in [0.29, 0.717) is 6.54 Å². The van der Waals surface area contributed by atoms with Crippen LogP contribution in [0.5, 0.6) is 0 Å². The van der Waals surface area contributed by atoms with E-state index in [9.17, 15) is 18.0 Å². The summed E-state index contributed by atoms with van der Waals surface area (Å²) in [5.74, 6) is -0.185. The number of ketones is 1. The molecule has 0 unspecified atom stereocenters. The first kappa shape index (κ1) is 14.7. The molecule has 1 N–H and O–H groups in total. The van der Waals surface area contributed by atoms with Crippen molar-refractivity contribution in [3.05, 3.63) is 35.9 Å². The molecular formula is C13H16F3NO. The molecule has 2 nitrogen and oxygen atoms in total. The Bertz CT molecular complexity index is 362. The average molecular weight is 259 g/mol. The van der Waals surface area contributed by atoms with Gasteiger partial charge in [-0.2, -0.15) is 13.2 Å². The van der Waals surface area contributed by atoms with Crippen molar-refractivity contribution in [1.82, 2.24) is 5.32 Å². The lowest BCUT2D eigenvalue weighted by atomic mass is 10.1. The van der Waals surface area contributed by atoms with Crippen LogP contribution in [0.25, 0.3) is 0 Å². The number of hydrogen-bond acceptors (Lipinski definition) is 2. The summed E-state index contributed by atoms with van der Waals surface area (Å²) in [6, 6.07) is 9.51. The third kappa shape index (κ3) is 7.06. The summed E-state index contributed by atoms with van der Waals surface area (Å²) >= 11 is 0. The van der Waals surface area contributed by atoms with Gasteiger partial charge in [-0.3, -0.25) is 4.79 Å². The summed E-state index contributed by atoms with van der Waals surface area (Å²) in [4.78, 5) is 11.3. The number of benzene rings is 1. The molecule has 18 heavy (non-hydrogen) atoms. The monoisotopic (exact) mass is 259 g/mol. The van der Waals surface area contributed by atoms with Gasteiger partial charge in [0.05, 0.1) is 6.54 Å². The molecule has 1 aromatic rings. The van der Waals surface area contributed by atoms with Crippen LogP contribution in [-0.4, -0.2) is 18.5 Å². The van der Waals surface area contributed by atoms with Gasteiger partial charge in [-0.05, 0) is 12.0 Å². The van der Waals surface area contributed by atoms with Crippen LogP contribution in [0.1, 0.15) is 24.8 Å². The van der Waals surface area contributed by atoms with Gasteiger partial charge in [-0.15, -0.1) is 0 Å². The van der Waals surface area contributed by atoms with E-state index in [1.54, 1.807) is 0 Å². The van der Waals surface area contributed by atoms with E-state index >= 15 is 0 Å². The summed E-state index contributed by atoms with van der Waals surface area (Å²) in [7, 11) is 0. The predicted octanol–water partition coefficient (Wildman–Crippen LogP) is 3.08. The third-order valence-electron chi connectivity index (χ3n) is 2.41. The van der Waals surface area contributed by atoms with E-state index in [1.807, 2.05) is 30.3 Å². The molecule has 0 saturated carbocycles. The SMILES string of the molecule is O=C(CCCC(F)(F)F)CNCc1ccccc1. The number of carbonyl (C=O) groups is 1. The lowest BCUT2D eigenvalue weighted by molar-refractivity contribution is -0.137. The number of hydrogen-bond donors (Lipinski definition) is 1. The molecule has 1 rings (SSSR count). The van der Waals surface area contributed by atoms with Crippen molar-refractivity contribution >= 4 is 5.78 Å². The van der Waals surface area contributed by atoms with Gasteiger partial charge in [0.15, 0.2) is 0 Å². The first-order chi connectivity index (χ1) is 8.47. The Morgan fingerprint density at radius 1 is 1.17 bits per heavy atom. The fourth-order valence-corrected chi connectivity index (χ4v) is 1.52. The van der Waals surface area contributed by atoms with Crippen molar-refractivity contribution in [2.45, 2.75) is 32.0 Å². The van der Waals surface area contributed by atoms with Crippen molar-refractivity contribution < 1.29 is 18.0 Å². The minimum Gasteiger partial charge on any atom is -0.306 e. The second-order valence-electron chi connectivity index (χ2n) is 4.10. The first-order valence-corrected chi connectivity index (χ1v) is 5.80. The van der Waals surface area contributed by atoms with Crippen LogP contribution in [0.4, 0.5) is 13.2 Å². The number of halogens is 3. The number of Topliss-reactive ketones (excluding diaryl/α,β-unsaturated/α-hetero) is 1. The molecule has 0 aliphatic heterocycles. The van der Waals surface area contributed by atoms with E-state index < -0.39 is 12.6 Å². The van der Waals surface area contributed by atoms with Crippen LogP contribution < -0.4 is 5.32 Å². The minimum absolute atomic E-state index is 0.0265. The molecule has 1 aromatic carbocycles. The molecule has 0 heterocycles. The van der Waals surface area contributed by atoms with Crippen LogP contribution in [0, 0.1) is 0 Å². The molecule has 0 aliphatic carbocycles. The van der Waals surface area contributed by atoms with Gasteiger partial charge >= 0.3 is 6.18 Å². The zero-order valence-electron chi connectivity index (χ0n) is 9.96. The van der Waals surface area contributed by atoms with E-state index in [2.05, 4.69) is 5.32 Å². The van der Waals surface area contributed by atoms with E-state index in [1.165, 1.54) is 0 Å². The molecule has 0 fully saturated rings. The van der Waals surface area contributed by atoms with Crippen LogP contribution >= 0.6 is 0 Å². The molecule has 100 valence electrons. The fourth-order valence-electron chi connectivity index (χ4n) is 1.52. The maximum absolute atomic E-state index is 11.9. The highest BCUT2D eigenvalue weighted by Crippen LogP contribution is 2.22. The van der Waals surface area contributed by atoms with E-state index in [-0.39, 0.29) is 25.2 Å². The largest absolute Gasteiger partial charge is 0.389 e. The van der Waals surface area contributed by atoms with E-state index in [0.717, 1.165) is 5.56 Å². The maximum atomic E-state index is 11.9. The van der Waals surface area contributed by atoms with Gasteiger partial charge < -0.3 is 5.32 Å². The van der Waals surface area contributed by atoms with Crippen molar-refractivity contribution in [1.29, 1.82) is 0 Å². The summed E-state index contributed by atoms with van der Waals surface area (Å²) < 4.78 is 35.6. The van der Waals surface area contributed by atoms with Gasteiger partial charge in [0, 0.05) is 19.4 Å². The number of alkyl halides is 3.